The maximum atomic E-state index is 5.96. The molecule has 1 atom stereocenters. The molecule has 130 valence electrons. The molecule has 4 nitrogen and oxygen atoms in total. The number of H-pyrrole nitrogens is 1. The van der Waals surface area contributed by atoms with Gasteiger partial charge >= 0.3 is 0 Å². The highest BCUT2D eigenvalue weighted by Crippen LogP contribution is 2.19. The second-order valence-corrected chi connectivity index (χ2v) is 7.40. The van der Waals surface area contributed by atoms with E-state index in [-0.39, 0.29) is 0 Å². The average molecular weight is 347 g/mol. The third-order valence-electron chi connectivity index (χ3n) is 4.80. The normalized spacial score (nSPS) is 19.0. The average Bonchev–Trinajstić information content (AvgIpc) is 3.07. The van der Waals surface area contributed by atoms with Crippen molar-refractivity contribution >= 4 is 11.6 Å². The molecule has 0 spiro atoms. The van der Waals surface area contributed by atoms with Crippen LogP contribution in [0.5, 0.6) is 0 Å². The molecule has 1 fully saturated rings. The fraction of sp³-hybridized carbons (Fsp3) is 0.526. The summed E-state index contributed by atoms with van der Waals surface area (Å²) >= 11 is 5.96. The highest BCUT2D eigenvalue weighted by molar-refractivity contribution is 6.30. The Kier molecular flexibility index (Phi) is 6.30. The van der Waals surface area contributed by atoms with Crippen LogP contribution in [-0.2, 0) is 13.0 Å². The molecule has 2 heterocycles. The van der Waals surface area contributed by atoms with Gasteiger partial charge in [0.25, 0.3) is 0 Å². The Balaban J connectivity index is 1.42. The van der Waals surface area contributed by atoms with Gasteiger partial charge in [0, 0.05) is 43.1 Å². The molecular formula is C19H27ClN4. The summed E-state index contributed by atoms with van der Waals surface area (Å²) in [5.74, 6) is 0.761. The maximum Gasteiger partial charge on any atom is 0.0492 e. The number of hydrogen-bond acceptors (Lipinski definition) is 3. The first-order valence-corrected chi connectivity index (χ1v) is 9.20. The van der Waals surface area contributed by atoms with Crippen molar-refractivity contribution in [1.29, 1.82) is 0 Å². The van der Waals surface area contributed by atoms with Gasteiger partial charge in [0.05, 0.1) is 0 Å². The Hall–Kier alpha value is -1.36. The van der Waals surface area contributed by atoms with Gasteiger partial charge in [-0.2, -0.15) is 5.10 Å². The minimum absolute atomic E-state index is 0.761. The summed E-state index contributed by atoms with van der Waals surface area (Å²) in [5.41, 5.74) is 2.56. The van der Waals surface area contributed by atoms with E-state index in [0.29, 0.717) is 0 Å². The summed E-state index contributed by atoms with van der Waals surface area (Å²) in [6.45, 7) is 5.68. The first-order valence-electron chi connectivity index (χ1n) is 8.82. The lowest BCUT2D eigenvalue weighted by molar-refractivity contribution is 0.142. The van der Waals surface area contributed by atoms with Crippen molar-refractivity contribution in [2.75, 3.05) is 33.2 Å². The van der Waals surface area contributed by atoms with Crippen molar-refractivity contribution in [2.45, 2.75) is 25.8 Å². The topological polar surface area (TPSA) is 35.2 Å². The Bertz CT molecular complexity index is 596. The van der Waals surface area contributed by atoms with Gasteiger partial charge in [0.2, 0.25) is 0 Å². The number of nitrogens with zero attached hydrogens (tertiary/aromatic N) is 3. The summed E-state index contributed by atoms with van der Waals surface area (Å²) in [6, 6.07) is 10.3. The highest BCUT2D eigenvalue weighted by Gasteiger charge is 2.21. The zero-order valence-electron chi connectivity index (χ0n) is 14.4. The van der Waals surface area contributed by atoms with Gasteiger partial charge in [0.1, 0.15) is 0 Å². The third-order valence-corrected chi connectivity index (χ3v) is 5.05. The predicted molar refractivity (Wildman–Crippen MR) is 99.2 cm³/mol. The van der Waals surface area contributed by atoms with Crippen molar-refractivity contribution < 1.29 is 0 Å². The fourth-order valence-electron chi connectivity index (χ4n) is 3.61. The Morgan fingerprint density at radius 3 is 2.88 bits per heavy atom. The van der Waals surface area contributed by atoms with E-state index in [1.54, 1.807) is 0 Å². The van der Waals surface area contributed by atoms with Crippen LogP contribution in [0.15, 0.2) is 36.5 Å². The van der Waals surface area contributed by atoms with Crippen LogP contribution in [0.25, 0.3) is 0 Å². The standard InChI is InChI=1S/C19H27ClN4/c1-23(15-19-8-10-21-22-19)13-17-3-2-11-24(14-17)12-9-16-4-6-18(20)7-5-16/h4-8,10,17H,2-3,9,11-15H2,1H3,(H,21,22). The van der Waals surface area contributed by atoms with E-state index in [9.17, 15) is 0 Å². The van der Waals surface area contributed by atoms with Crippen LogP contribution in [0.4, 0.5) is 0 Å². The number of aromatic amines is 1. The minimum atomic E-state index is 0.761. The zero-order chi connectivity index (χ0) is 16.8. The largest absolute Gasteiger partial charge is 0.303 e. The molecular weight excluding hydrogens is 320 g/mol. The first kappa shape index (κ1) is 17.5. The third kappa shape index (κ3) is 5.33. The van der Waals surface area contributed by atoms with E-state index in [1.165, 1.54) is 37.2 Å². The molecule has 1 aromatic carbocycles. The summed E-state index contributed by atoms with van der Waals surface area (Å²) < 4.78 is 0. The molecule has 1 N–H and O–H groups in total. The fourth-order valence-corrected chi connectivity index (χ4v) is 3.74. The smallest absolute Gasteiger partial charge is 0.0492 e. The van der Waals surface area contributed by atoms with E-state index in [4.69, 9.17) is 11.6 Å². The molecule has 0 bridgehead atoms. The molecule has 0 radical (unpaired) electrons. The van der Waals surface area contributed by atoms with Gasteiger partial charge in [-0.15, -0.1) is 0 Å². The maximum absolute atomic E-state index is 5.96. The van der Waals surface area contributed by atoms with Crippen molar-refractivity contribution in [3.8, 4) is 0 Å². The van der Waals surface area contributed by atoms with Crippen LogP contribution in [0, 0.1) is 5.92 Å². The van der Waals surface area contributed by atoms with Crippen LogP contribution < -0.4 is 0 Å². The van der Waals surface area contributed by atoms with E-state index in [2.05, 4.69) is 45.2 Å². The molecule has 0 aliphatic carbocycles. The molecule has 1 aliphatic heterocycles. The molecule has 1 aromatic heterocycles. The molecule has 1 saturated heterocycles. The zero-order valence-corrected chi connectivity index (χ0v) is 15.2. The van der Waals surface area contributed by atoms with Crippen molar-refractivity contribution in [1.82, 2.24) is 20.0 Å². The lowest BCUT2D eigenvalue weighted by Crippen LogP contribution is -2.40. The van der Waals surface area contributed by atoms with E-state index in [0.717, 1.165) is 37.0 Å². The number of aromatic nitrogens is 2. The van der Waals surface area contributed by atoms with Crippen LogP contribution in [0.1, 0.15) is 24.1 Å². The van der Waals surface area contributed by atoms with Gasteiger partial charge in [-0.1, -0.05) is 23.7 Å². The minimum Gasteiger partial charge on any atom is -0.303 e. The molecule has 1 unspecified atom stereocenters. The summed E-state index contributed by atoms with van der Waals surface area (Å²) in [6.07, 6.45) is 5.57. The number of piperidine rings is 1. The summed E-state index contributed by atoms with van der Waals surface area (Å²) in [5, 5.41) is 7.89. The lowest BCUT2D eigenvalue weighted by Gasteiger charge is -2.34. The van der Waals surface area contributed by atoms with E-state index < -0.39 is 0 Å². The molecule has 1 aliphatic rings. The molecule has 5 heteroatoms. The molecule has 3 rings (SSSR count). The van der Waals surface area contributed by atoms with Crippen LogP contribution >= 0.6 is 11.6 Å². The lowest BCUT2D eigenvalue weighted by atomic mass is 9.97. The summed E-state index contributed by atoms with van der Waals surface area (Å²) in [4.78, 5) is 5.02. The molecule has 0 amide bonds. The number of halogens is 1. The first-order chi connectivity index (χ1) is 11.7. The predicted octanol–water partition coefficient (Wildman–Crippen LogP) is 3.45. The number of benzene rings is 1. The number of rotatable bonds is 7. The molecule has 24 heavy (non-hydrogen) atoms. The van der Waals surface area contributed by atoms with Gasteiger partial charge in [-0.3, -0.25) is 5.10 Å². The monoisotopic (exact) mass is 346 g/mol. The quantitative estimate of drug-likeness (QED) is 0.834. The van der Waals surface area contributed by atoms with Crippen molar-refractivity contribution in [2.24, 2.45) is 5.92 Å². The van der Waals surface area contributed by atoms with Gasteiger partial charge in [-0.05, 0) is 62.5 Å². The van der Waals surface area contributed by atoms with E-state index in [1.807, 2.05) is 18.3 Å². The number of nitrogens with one attached hydrogen (secondary N) is 1. The van der Waals surface area contributed by atoms with E-state index >= 15 is 0 Å². The second kappa shape index (κ2) is 8.65. The van der Waals surface area contributed by atoms with Crippen molar-refractivity contribution in [3.63, 3.8) is 0 Å². The highest BCUT2D eigenvalue weighted by atomic mass is 35.5. The van der Waals surface area contributed by atoms with Crippen LogP contribution in [-0.4, -0.2) is 53.2 Å². The van der Waals surface area contributed by atoms with Crippen LogP contribution in [0.3, 0.4) is 0 Å². The Labute approximate surface area is 149 Å². The SMILES string of the molecule is CN(Cc1ccn[nH]1)CC1CCCN(CCc2ccc(Cl)cc2)C1. The Morgan fingerprint density at radius 2 is 2.12 bits per heavy atom. The van der Waals surface area contributed by atoms with Crippen molar-refractivity contribution in [3.05, 3.63) is 52.8 Å². The molecule has 0 saturated carbocycles. The second-order valence-electron chi connectivity index (χ2n) is 6.96. The Morgan fingerprint density at radius 1 is 1.29 bits per heavy atom. The summed E-state index contributed by atoms with van der Waals surface area (Å²) in [7, 11) is 2.20. The number of likely N-dealkylation sites (tertiary alicyclic amines) is 1. The van der Waals surface area contributed by atoms with Gasteiger partial charge < -0.3 is 9.80 Å². The van der Waals surface area contributed by atoms with Gasteiger partial charge in [0.15, 0.2) is 0 Å². The van der Waals surface area contributed by atoms with Gasteiger partial charge in [-0.25, -0.2) is 0 Å². The van der Waals surface area contributed by atoms with Crippen LogP contribution in [0.2, 0.25) is 5.02 Å². The molecule has 2 aromatic rings. The number of hydrogen-bond donors (Lipinski definition) is 1.